The molecule has 1 fully saturated rings. The molecule has 0 bridgehead atoms. The summed E-state index contributed by atoms with van der Waals surface area (Å²) in [6.45, 7) is 4.07. The highest BCUT2D eigenvalue weighted by Gasteiger charge is 2.39. The Balaban J connectivity index is 1.46. The van der Waals surface area contributed by atoms with Gasteiger partial charge in [-0.2, -0.15) is 5.26 Å². The normalized spacial score (nSPS) is 16.7. The number of hydrazine groups is 2. The molecule has 1 aliphatic carbocycles. The summed E-state index contributed by atoms with van der Waals surface area (Å²) in [5, 5.41) is 21.2. The van der Waals surface area contributed by atoms with Gasteiger partial charge in [-0.15, -0.1) is 5.53 Å². The van der Waals surface area contributed by atoms with Gasteiger partial charge in [-0.25, -0.2) is 4.98 Å². The van der Waals surface area contributed by atoms with Gasteiger partial charge in [-0.05, 0) is 55.5 Å². The van der Waals surface area contributed by atoms with Gasteiger partial charge in [0.2, 0.25) is 0 Å². The van der Waals surface area contributed by atoms with Crippen LogP contribution in [0, 0.1) is 18.3 Å². The number of hydrogen-bond donors (Lipinski definition) is 4. The lowest BCUT2D eigenvalue weighted by molar-refractivity contribution is 0.260. The second-order valence-electron chi connectivity index (χ2n) is 11.0. The third-order valence-electron chi connectivity index (χ3n) is 8.03. The van der Waals surface area contributed by atoms with Crippen molar-refractivity contribution in [2.75, 3.05) is 10.6 Å². The van der Waals surface area contributed by atoms with Crippen molar-refractivity contribution in [2.45, 2.75) is 50.6 Å². The van der Waals surface area contributed by atoms with Gasteiger partial charge < -0.3 is 16.1 Å². The largest absolute Gasteiger partial charge is 0.378 e. The first-order chi connectivity index (χ1) is 20.3. The average Bonchev–Trinajstić information content (AvgIpc) is 3.71. The van der Waals surface area contributed by atoms with Gasteiger partial charge in [0.25, 0.3) is 0 Å². The summed E-state index contributed by atoms with van der Waals surface area (Å²) in [7, 11) is 2.10. The minimum absolute atomic E-state index is 0.000302. The van der Waals surface area contributed by atoms with Crippen LogP contribution in [0.25, 0.3) is 10.9 Å². The molecule has 212 valence electrons. The Labute approximate surface area is 256 Å². The predicted octanol–water partition coefficient (Wildman–Crippen LogP) is 5.91. The molecule has 4 aromatic rings. The number of aromatic nitrogens is 2. The first kappa shape index (κ1) is 28.2. The number of anilines is 2. The lowest BCUT2D eigenvalue weighted by atomic mass is 9.69. The Morgan fingerprint density at radius 2 is 1.98 bits per heavy atom. The third-order valence-corrected chi connectivity index (χ3v) is 8.52. The molecule has 4 N–H and O–H groups in total. The Morgan fingerprint density at radius 3 is 2.67 bits per heavy atom. The van der Waals surface area contributed by atoms with Crippen molar-refractivity contribution in [3.05, 3.63) is 105 Å². The molecule has 1 unspecified atom stereocenters. The van der Waals surface area contributed by atoms with Gasteiger partial charge in [0.15, 0.2) is 0 Å². The number of rotatable bonds is 9. The fourth-order valence-electron chi connectivity index (χ4n) is 5.61. The van der Waals surface area contributed by atoms with Crippen molar-refractivity contribution in [3.8, 4) is 6.07 Å². The van der Waals surface area contributed by atoms with Crippen LogP contribution in [-0.4, -0.2) is 28.9 Å². The van der Waals surface area contributed by atoms with Gasteiger partial charge in [-0.3, -0.25) is 9.99 Å². The highest BCUT2D eigenvalue weighted by Crippen LogP contribution is 2.39. The fraction of sp³-hybridized carbons (Fsp3) is 0.258. The molecular weight excluding hydrogens is 566 g/mol. The molecule has 2 atom stereocenters. The van der Waals surface area contributed by atoms with Crippen LogP contribution in [0.3, 0.4) is 0 Å². The van der Waals surface area contributed by atoms with Crippen LogP contribution in [0.1, 0.15) is 54.6 Å². The number of hydrogen-bond acceptors (Lipinski definition) is 8. The Morgan fingerprint density at radius 1 is 1.19 bits per heavy atom. The molecule has 8 nitrogen and oxygen atoms in total. The number of benzene rings is 2. The van der Waals surface area contributed by atoms with Crippen molar-refractivity contribution in [3.63, 3.8) is 0 Å². The maximum Gasteiger partial charge on any atom is 0.148 e. The SMILES string of the molecule is BC(Nc1cc(Cl)c2ncc(C#N)c(N[C@H](CC)c3ccccc3)c2c1)(C1=CN(C2CC2)NN1)c1ccc(Cl)nc1C. The zero-order chi connectivity index (χ0) is 29.4. The van der Waals surface area contributed by atoms with Crippen LogP contribution in [0.5, 0.6) is 0 Å². The maximum atomic E-state index is 10.1. The maximum absolute atomic E-state index is 10.1. The van der Waals surface area contributed by atoms with Crippen LogP contribution in [0.15, 0.2) is 72.7 Å². The average molecular weight is 597 g/mol. The zero-order valence-electron chi connectivity index (χ0n) is 23.7. The summed E-state index contributed by atoms with van der Waals surface area (Å²) in [5.41, 5.74) is 12.3. The summed E-state index contributed by atoms with van der Waals surface area (Å²) in [6.07, 6.45) is 6.82. The number of aryl methyl sites for hydroxylation is 1. The van der Waals surface area contributed by atoms with Crippen LogP contribution < -0.4 is 21.6 Å². The van der Waals surface area contributed by atoms with E-state index in [0.717, 1.165) is 52.9 Å². The van der Waals surface area contributed by atoms with E-state index in [1.54, 1.807) is 12.3 Å². The van der Waals surface area contributed by atoms with Crippen LogP contribution in [0.4, 0.5) is 11.4 Å². The van der Waals surface area contributed by atoms with Crippen molar-refractivity contribution in [1.29, 1.82) is 5.26 Å². The molecule has 6 rings (SSSR count). The molecule has 2 aromatic carbocycles. The fourth-order valence-corrected chi connectivity index (χ4v) is 6.07. The number of nitriles is 1. The summed E-state index contributed by atoms with van der Waals surface area (Å²) in [6, 6.07) is 20.7. The number of fused-ring (bicyclic) bond motifs is 1. The van der Waals surface area contributed by atoms with E-state index in [1.807, 2.05) is 43.3 Å². The van der Waals surface area contributed by atoms with Crippen molar-refractivity contribution in [2.24, 2.45) is 0 Å². The first-order valence-electron chi connectivity index (χ1n) is 14.1. The molecule has 3 heterocycles. The zero-order valence-corrected chi connectivity index (χ0v) is 25.2. The lowest BCUT2D eigenvalue weighted by Gasteiger charge is -2.35. The van der Waals surface area contributed by atoms with E-state index in [1.165, 1.54) is 0 Å². The Hall–Kier alpha value is -3.97. The van der Waals surface area contributed by atoms with Crippen LogP contribution in [0.2, 0.25) is 10.2 Å². The molecular formula is C31H31BCl2N8. The molecule has 0 radical (unpaired) electrons. The minimum atomic E-state index is -0.737. The number of pyridine rings is 2. The van der Waals surface area contributed by atoms with E-state index in [4.69, 9.17) is 23.2 Å². The molecule has 2 aromatic heterocycles. The molecule has 0 saturated heterocycles. The summed E-state index contributed by atoms with van der Waals surface area (Å²) >= 11 is 13.1. The molecule has 0 amide bonds. The quantitative estimate of drug-likeness (QED) is 0.140. The second-order valence-corrected chi connectivity index (χ2v) is 11.8. The lowest BCUT2D eigenvalue weighted by Crippen LogP contribution is -2.46. The number of nitrogens with zero attached hydrogens (tertiary/aromatic N) is 4. The monoisotopic (exact) mass is 596 g/mol. The number of halogens is 2. The van der Waals surface area contributed by atoms with Gasteiger partial charge >= 0.3 is 0 Å². The van der Waals surface area contributed by atoms with Crippen molar-refractivity contribution < 1.29 is 0 Å². The van der Waals surface area contributed by atoms with Gasteiger partial charge in [0.05, 0.1) is 39.0 Å². The summed E-state index contributed by atoms with van der Waals surface area (Å²) in [5.74, 6) is 0. The Kier molecular flexibility index (Phi) is 7.63. The highest BCUT2D eigenvalue weighted by molar-refractivity contribution is 6.36. The van der Waals surface area contributed by atoms with Crippen LogP contribution in [-0.2, 0) is 5.44 Å². The van der Waals surface area contributed by atoms with Gasteiger partial charge in [-0.1, -0.05) is 66.5 Å². The molecule has 11 heteroatoms. The smallest absolute Gasteiger partial charge is 0.148 e. The van der Waals surface area contributed by atoms with E-state index in [0.29, 0.717) is 33.0 Å². The van der Waals surface area contributed by atoms with E-state index in [-0.39, 0.29) is 6.04 Å². The van der Waals surface area contributed by atoms with E-state index in [2.05, 4.69) is 75.7 Å². The van der Waals surface area contributed by atoms with Crippen molar-refractivity contribution >= 4 is 53.3 Å². The standard InChI is InChI=1S/C31H31BCl2N8/c1-3-26(19-7-5-4-6-8-19)38-29-20(15-35)16-36-30-23(29)13-21(14-25(30)33)39-31(32,24-11-12-28(34)37-18(24)2)27-17-42(41-40-27)22-9-10-22/h4-8,11-14,16-17,22,26,39-41H,3,9-10,32H2,1-2H3,(H,36,38)/t26-,31?/m1/s1. The minimum Gasteiger partial charge on any atom is -0.378 e. The molecule has 1 saturated carbocycles. The van der Waals surface area contributed by atoms with E-state index >= 15 is 0 Å². The number of nitrogens with one attached hydrogen (secondary N) is 4. The summed E-state index contributed by atoms with van der Waals surface area (Å²) in [4.78, 5) is 9.11. The second kappa shape index (κ2) is 11.4. The van der Waals surface area contributed by atoms with E-state index < -0.39 is 5.44 Å². The van der Waals surface area contributed by atoms with Gasteiger partial charge in [0, 0.05) is 35.2 Å². The van der Waals surface area contributed by atoms with Crippen LogP contribution >= 0.6 is 23.2 Å². The van der Waals surface area contributed by atoms with Gasteiger partial charge in [0.1, 0.15) is 19.1 Å². The molecule has 2 aliphatic rings. The summed E-state index contributed by atoms with van der Waals surface area (Å²) < 4.78 is 0. The predicted molar refractivity (Wildman–Crippen MR) is 172 cm³/mol. The Bertz CT molecular complexity index is 1720. The molecule has 0 spiro atoms. The third kappa shape index (κ3) is 5.34. The van der Waals surface area contributed by atoms with Crippen molar-refractivity contribution in [1.82, 2.24) is 25.9 Å². The van der Waals surface area contributed by atoms with E-state index in [9.17, 15) is 5.26 Å². The highest BCUT2D eigenvalue weighted by atomic mass is 35.5. The molecule has 42 heavy (non-hydrogen) atoms. The first-order valence-corrected chi connectivity index (χ1v) is 14.8. The molecule has 1 aliphatic heterocycles. The topological polar surface area (TPSA) is 101 Å².